The molecular weight excluding hydrogens is 290 g/mol. The minimum Gasteiger partial charge on any atom is -0.449 e. The first-order chi connectivity index (χ1) is 11.2. The van der Waals surface area contributed by atoms with E-state index in [0.29, 0.717) is 19.4 Å². The number of ketones is 1. The van der Waals surface area contributed by atoms with Gasteiger partial charge >= 0.3 is 6.09 Å². The van der Waals surface area contributed by atoms with E-state index >= 15 is 0 Å². The first-order valence-electron chi connectivity index (χ1n) is 7.83. The number of Topliss-reactive ketones (excluding diaryl/α,β-unsaturated/α-hetero) is 1. The summed E-state index contributed by atoms with van der Waals surface area (Å²) in [6.45, 7) is 0.303. The number of amides is 1. The van der Waals surface area contributed by atoms with Crippen molar-refractivity contribution in [1.82, 2.24) is 5.32 Å². The molecule has 0 aliphatic heterocycles. The highest BCUT2D eigenvalue weighted by Crippen LogP contribution is 2.19. The number of hydrogen-bond donors (Lipinski definition) is 1. The van der Waals surface area contributed by atoms with Crippen LogP contribution in [0.2, 0.25) is 0 Å². The Morgan fingerprint density at radius 2 is 1.74 bits per heavy atom. The molecule has 4 nitrogen and oxygen atoms in total. The summed E-state index contributed by atoms with van der Waals surface area (Å²) in [5.41, 5.74) is 3.45. The second-order valence-corrected chi connectivity index (χ2v) is 5.65. The predicted molar refractivity (Wildman–Crippen MR) is 88.1 cm³/mol. The Kier molecular flexibility index (Phi) is 4.71. The average Bonchev–Trinajstić information content (AvgIpc) is 2.60. The van der Waals surface area contributed by atoms with Crippen LogP contribution in [0.3, 0.4) is 0 Å². The smallest absolute Gasteiger partial charge is 0.407 e. The Morgan fingerprint density at radius 3 is 2.35 bits per heavy atom. The summed E-state index contributed by atoms with van der Waals surface area (Å²) >= 11 is 0. The fourth-order valence-corrected chi connectivity index (χ4v) is 2.50. The molecule has 0 aromatic heterocycles. The van der Waals surface area contributed by atoms with Crippen LogP contribution in [0, 0.1) is 0 Å². The van der Waals surface area contributed by atoms with Crippen LogP contribution in [0.5, 0.6) is 0 Å². The third-order valence-electron chi connectivity index (χ3n) is 4.05. The SMILES string of the molecule is O=C(N[C@H]1CCC1=O)OCCc1ccc(-c2ccccc2)cc1. The van der Waals surface area contributed by atoms with Crippen molar-refractivity contribution >= 4 is 11.9 Å². The van der Waals surface area contributed by atoms with Crippen molar-refractivity contribution in [3.63, 3.8) is 0 Å². The van der Waals surface area contributed by atoms with Gasteiger partial charge in [0.2, 0.25) is 0 Å². The van der Waals surface area contributed by atoms with E-state index in [-0.39, 0.29) is 11.8 Å². The van der Waals surface area contributed by atoms with Crippen LogP contribution >= 0.6 is 0 Å². The molecule has 0 unspecified atom stereocenters. The molecule has 1 saturated carbocycles. The zero-order valence-corrected chi connectivity index (χ0v) is 12.8. The molecule has 1 aliphatic carbocycles. The van der Waals surface area contributed by atoms with E-state index in [9.17, 15) is 9.59 Å². The van der Waals surface area contributed by atoms with Crippen molar-refractivity contribution in [2.24, 2.45) is 0 Å². The number of rotatable bonds is 5. The molecular formula is C19H19NO3. The van der Waals surface area contributed by atoms with Crippen LogP contribution < -0.4 is 5.32 Å². The van der Waals surface area contributed by atoms with E-state index in [4.69, 9.17) is 4.74 Å². The average molecular weight is 309 g/mol. The molecule has 118 valence electrons. The highest BCUT2D eigenvalue weighted by atomic mass is 16.5. The van der Waals surface area contributed by atoms with E-state index in [2.05, 4.69) is 29.6 Å². The fraction of sp³-hybridized carbons (Fsp3) is 0.263. The quantitative estimate of drug-likeness (QED) is 0.921. The lowest BCUT2D eigenvalue weighted by Gasteiger charge is -2.24. The summed E-state index contributed by atoms with van der Waals surface area (Å²) in [5, 5.41) is 2.57. The monoisotopic (exact) mass is 309 g/mol. The first kappa shape index (κ1) is 15.3. The molecule has 1 amide bonds. The Morgan fingerprint density at radius 1 is 1.04 bits per heavy atom. The summed E-state index contributed by atoms with van der Waals surface area (Å²) in [6, 6.07) is 18.1. The van der Waals surface area contributed by atoms with Gasteiger partial charge in [0.05, 0.1) is 12.6 Å². The minimum atomic E-state index is -0.510. The highest BCUT2D eigenvalue weighted by Gasteiger charge is 2.29. The van der Waals surface area contributed by atoms with Crippen LogP contribution in [0.4, 0.5) is 4.79 Å². The number of carbonyl (C=O) groups is 2. The number of hydrogen-bond acceptors (Lipinski definition) is 3. The van der Waals surface area contributed by atoms with Gasteiger partial charge in [0.25, 0.3) is 0 Å². The van der Waals surface area contributed by atoms with E-state index < -0.39 is 6.09 Å². The van der Waals surface area contributed by atoms with E-state index in [1.807, 2.05) is 30.3 Å². The zero-order valence-electron chi connectivity index (χ0n) is 12.8. The van der Waals surface area contributed by atoms with Crippen molar-refractivity contribution in [3.05, 3.63) is 60.2 Å². The summed E-state index contributed by atoms with van der Waals surface area (Å²) in [6.07, 6.45) is 1.42. The second-order valence-electron chi connectivity index (χ2n) is 5.65. The summed E-state index contributed by atoms with van der Waals surface area (Å²) in [4.78, 5) is 22.7. The highest BCUT2D eigenvalue weighted by molar-refractivity contribution is 5.92. The van der Waals surface area contributed by atoms with Gasteiger partial charge in [-0.1, -0.05) is 54.6 Å². The molecule has 2 aromatic carbocycles. The Labute approximate surface area is 135 Å². The van der Waals surface area contributed by atoms with Gasteiger partial charge in [0, 0.05) is 12.8 Å². The summed E-state index contributed by atoms with van der Waals surface area (Å²) in [5.74, 6) is 0.0819. The maximum Gasteiger partial charge on any atom is 0.407 e. The van der Waals surface area contributed by atoms with Crippen LogP contribution in [0.1, 0.15) is 18.4 Å². The van der Waals surface area contributed by atoms with Gasteiger partial charge in [-0.25, -0.2) is 4.79 Å². The van der Waals surface area contributed by atoms with Crippen molar-refractivity contribution in [3.8, 4) is 11.1 Å². The van der Waals surface area contributed by atoms with Gasteiger partial charge in [-0.2, -0.15) is 0 Å². The number of alkyl carbamates (subject to hydrolysis) is 1. The fourth-order valence-electron chi connectivity index (χ4n) is 2.50. The Bertz CT molecular complexity index is 680. The maximum atomic E-state index is 11.5. The predicted octanol–water partition coefficient (Wildman–Crippen LogP) is 3.35. The molecule has 0 radical (unpaired) electrons. The molecule has 0 bridgehead atoms. The minimum absolute atomic E-state index is 0.0819. The van der Waals surface area contributed by atoms with E-state index in [1.165, 1.54) is 5.56 Å². The van der Waals surface area contributed by atoms with Crippen LogP contribution in [-0.4, -0.2) is 24.5 Å². The second kappa shape index (κ2) is 7.09. The van der Waals surface area contributed by atoms with Crippen LogP contribution in [-0.2, 0) is 16.0 Å². The van der Waals surface area contributed by atoms with E-state index in [0.717, 1.165) is 17.5 Å². The molecule has 1 fully saturated rings. The molecule has 23 heavy (non-hydrogen) atoms. The molecule has 4 heteroatoms. The Balaban J connectivity index is 1.45. The molecule has 1 N–H and O–H groups in total. The number of carbonyl (C=O) groups excluding carboxylic acids is 2. The lowest BCUT2D eigenvalue weighted by molar-refractivity contribution is -0.126. The zero-order chi connectivity index (χ0) is 16.1. The Hall–Kier alpha value is -2.62. The molecule has 0 spiro atoms. The molecule has 2 aromatic rings. The maximum absolute atomic E-state index is 11.5. The van der Waals surface area contributed by atoms with Crippen LogP contribution in [0.15, 0.2) is 54.6 Å². The van der Waals surface area contributed by atoms with Crippen molar-refractivity contribution in [2.45, 2.75) is 25.3 Å². The molecule has 3 rings (SSSR count). The van der Waals surface area contributed by atoms with Gasteiger partial charge in [0.15, 0.2) is 5.78 Å². The number of ether oxygens (including phenoxy) is 1. The number of benzene rings is 2. The van der Waals surface area contributed by atoms with Crippen molar-refractivity contribution in [2.75, 3.05) is 6.61 Å². The van der Waals surface area contributed by atoms with Crippen molar-refractivity contribution in [1.29, 1.82) is 0 Å². The first-order valence-corrected chi connectivity index (χ1v) is 7.83. The molecule has 1 atom stereocenters. The standard InChI is InChI=1S/C19H19NO3/c21-18-11-10-17(18)20-19(22)23-13-12-14-6-8-16(9-7-14)15-4-2-1-3-5-15/h1-9,17H,10-13H2,(H,20,22)/t17-/m0/s1. The van der Waals surface area contributed by atoms with Gasteiger partial charge in [-0.15, -0.1) is 0 Å². The largest absolute Gasteiger partial charge is 0.449 e. The van der Waals surface area contributed by atoms with Gasteiger partial charge in [0.1, 0.15) is 0 Å². The normalized spacial score (nSPS) is 16.5. The van der Waals surface area contributed by atoms with E-state index in [1.54, 1.807) is 0 Å². The summed E-state index contributed by atoms with van der Waals surface area (Å²) in [7, 11) is 0. The molecule has 0 heterocycles. The lowest BCUT2D eigenvalue weighted by atomic mass is 9.91. The van der Waals surface area contributed by atoms with Crippen LogP contribution in [0.25, 0.3) is 11.1 Å². The van der Waals surface area contributed by atoms with Gasteiger partial charge in [-0.3, -0.25) is 4.79 Å². The summed E-state index contributed by atoms with van der Waals surface area (Å²) < 4.78 is 5.11. The third-order valence-corrected chi connectivity index (χ3v) is 4.05. The van der Waals surface area contributed by atoms with Crippen molar-refractivity contribution < 1.29 is 14.3 Å². The molecule has 0 saturated heterocycles. The van der Waals surface area contributed by atoms with Gasteiger partial charge in [-0.05, 0) is 23.1 Å². The third kappa shape index (κ3) is 3.97. The topological polar surface area (TPSA) is 55.4 Å². The molecule has 1 aliphatic rings. The number of nitrogens with one attached hydrogen (secondary N) is 1. The van der Waals surface area contributed by atoms with Gasteiger partial charge < -0.3 is 10.1 Å². The lowest BCUT2D eigenvalue weighted by Crippen LogP contribution is -2.47.